The smallest absolute Gasteiger partial charge is 0.0304 e. The highest BCUT2D eigenvalue weighted by atomic mass is 32.1. The van der Waals surface area contributed by atoms with Gasteiger partial charge in [0.2, 0.25) is 0 Å². The van der Waals surface area contributed by atoms with Crippen molar-refractivity contribution < 1.29 is 0 Å². The van der Waals surface area contributed by atoms with E-state index in [0.717, 1.165) is 6.54 Å². The van der Waals surface area contributed by atoms with Gasteiger partial charge in [-0.05, 0) is 55.0 Å². The minimum absolute atomic E-state index is 0.328. The molecule has 1 saturated heterocycles. The predicted molar refractivity (Wildman–Crippen MR) is 89.6 cm³/mol. The molecule has 2 unspecified atom stereocenters. The van der Waals surface area contributed by atoms with Crippen molar-refractivity contribution in [3.63, 3.8) is 0 Å². The molecule has 1 N–H and O–H groups in total. The van der Waals surface area contributed by atoms with Crippen molar-refractivity contribution in [1.82, 2.24) is 10.2 Å². The molecule has 1 aromatic heterocycles. The molecule has 1 aliphatic rings. The molecule has 0 amide bonds. The van der Waals surface area contributed by atoms with E-state index in [0.29, 0.717) is 17.6 Å². The Bertz CT molecular complexity index is 384. The number of thiophene rings is 1. The highest BCUT2D eigenvalue weighted by Gasteiger charge is 2.37. The second kappa shape index (κ2) is 7.06. The van der Waals surface area contributed by atoms with Gasteiger partial charge in [0.15, 0.2) is 0 Å². The van der Waals surface area contributed by atoms with Crippen molar-refractivity contribution in [1.29, 1.82) is 0 Å². The molecule has 3 heteroatoms. The van der Waals surface area contributed by atoms with Gasteiger partial charge in [0.05, 0.1) is 0 Å². The van der Waals surface area contributed by atoms with Gasteiger partial charge in [-0.1, -0.05) is 20.8 Å². The Morgan fingerprint density at radius 2 is 2.15 bits per heavy atom. The van der Waals surface area contributed by atoms with Gasteiger partial charge >= 0.3 is 0 Å². The van der Waals surface area contributed by atoms with Crippen molar-refractivity contribution in [3.8, 4) is 0 Å². The lowest BCUT2D eigenvalue weighted by molar-refractivity contribution is 0.0406. The van der Waals surface area contributed by atoms with Crippen LogP contribution in [-0.4, -0.2) is 35.6 Å². The van der Waals surface area contributed by atoms with Gasteiger partial charge in [0.1, 0.15) is 0 Å². The van der Waals surface area contributed by atoms with Crippen molar-refractivity contribution in [2.45, 2.75) is 71.0 Å². The maximum absolute atomic E-state index is 3.84. The van der Waals surface area contributed by atoms with Crippen LogP contribution in [0.4, 0.5) is 0 Å². The Labute approximate surface area is 128 Å². The molecule has 2 atom stereocenters. The van der Waals surface area contributed by atoms with Crippen molar-refractivity contribution in [3.05, 3.63) is 22.4 Å². The summed E-state index contributed by atoms with van der Waals surface area (Å²) in [5, 5.41) is 8.33. The van der Waals surface area contributed by atoms with E-state index in [1.54, 1.807) is 0 Å². The maximum atomic E-state index is 3.84. The lowest BCUT2D eigenvalue weighted by Gasteiger charge is -2.49. The average molecular weight is 295 g/mol. The van der Waals surface area contributed by atoms with Gasteiger partial charge in [-0.25, -0.2) is 0 Å². The minimum Gasteiger partial charge on any atom is -0.308 e. The van der Waals surface area contributed by atoms with Gasteiger partial charge in [0, 0.05) is 30.7 Å². The zero-order valence-corrected chi connectivity index (χ0v) is 14.3. The predicted octanol–water partition coefficient (Wildman–Crippen LogP) is 3.92. The fourth-order valence-corrected chi connectivity index (χ4v) is 4.15. The third-order valence-corrected chi connectivity index (χ3v) is 5.90. The largest absolute Gasteiger partial charge is 0.308 e. The van der Waals surface area contributed by atoms with Crippen molar-refractivity contribution in [2.75, 3.05) is 13.1 Å². The summed E-state index contributed by atoms with van der Waals surface area (Å²) in [5.41, 5.74) is 1.82. The molecule has 20 heavy (non-hydrogen) atoms. The molecular formula is C17H30N2S. The fraction of sp³-hybridized carbons (Fsp3) is 0.765. The molecule has 114 valence electrons. The topological polar surface area (TPSA) is 15.3 Å². The monoisotopic (exact) mass is 294 g/mol. The van der Waals surface area contributed by atoms with Gasteiger partial charge in [0.25, 0.3) is 0 Å². The van der Waals surface area contributed by atoms with E-state index < -0.39 is 0 Å². The first-order valence-electron chi connectivity index (χ1n) is 8.16. The van der Waals surface area contributed by atoms with Crippen LogP contribution in [0, 0.1) is 0 Å². The van der Waals surface area contributed by atoms with E-state index in [-0.39, 0.29) is 0 Å². The van der Waals surface area contributed by atoms with Gasteiger partial charge in [-0.3, -0.25) is 4.90 Å². The summed E-state index contributed by atoms with van der Waals surface area (Å²) in [4.78, 5) is 2.77. The summed E-state index contributed by atoms with van der Waals surface area (Å²) in [6, 6.07) is 3.60. The summed E-state index contributed by atoms with van der Waals surface area (Å²) in [7, 11) is 0. The summed E-state index contributed by atoms with van der Waals surface area (Å²) in [6.07, 6.45) is 4.87. The normalized spacial score (nSPS) is 24.7. The Kier molecular flexibility index (Phi) is 5.65. The quantitative estimate of drug-likeness (QED) is 0.855. The zero-order chi connectivity index (χ0) is 14.6. The number of nitrogens with one attached hydrogen (secondary N) is 1. The molecule has 2 nitrogen and oxygen atoms in total. The average Bonchev–Trinajstić information content (AvgIpc) is 2.99. The second-order valence-electron chi connectivity index (χ2n) is 6.29. The lowest BCUT2D eigenvalue weighted by atomic mass is 9.87. The van der Waals surface area contributed by atoms with Crippen LogP contribution in [0.5, 0.6) is 0 Å². The van der Waals surface area contributed by atoms with E-state index in [9.17, 15) is 0 Å². The summed E-state index contributed by atoms with van der Waals surface area (Å²) in [6.45, 7) is 11.7. The van der Waals surface area contributed by atoms with Crippen molar-refractivity contribution in [2.24, 2.45) is 0 Å². The van der Waals surface area contributed by atoms with Crippen LogP contribution in [0.3, 0.4) is 0 Å². The van der Waals surface area contributed by atoms with E-state index in [4.69, 9.17) is 0 Å². The molecule has 1 aromatic rings. The SMILES string of the molecule is CCC1CNC(CC)(CC)CN1C(C)Cc1ccsc1. The van der Waals surface area contributed by atoms with Crippen molar-refractivity contribution >= 4 is 11.3 Å². The Morgan fingerprint density at radius 1 is 1.40 bits per heavy atom. The number of piperazine rings is 1. The molecule has 2 heterocycles. The maximum Gasteiger partial charge on any atom is 0.0304 e. The number of hydrogen-bond donors (Lipinski definition) is 1. The number of rotatable bonds is 6. The minimum atomic E-state index is 0.328. The molecule has 1 fully saturated rings. The van der Waals surface area contributed by atoms with E-state index in [2.05, 4.69) is 54.7 Å². The highest BCUT2D eigenvalue weighted by molar-refractivity contribution is 7.07. The van der Waals surface area contributed by atoms with Gasteiger partial charge in [-0.15, -0.1) is 0 Å². The van der Waals surface area contributed by atoms with E-state index in [1.165, 1.54) is 37.8 Å². The second-order valence-corrected chi connectivity index (χ2v) is 7.07. The van der Waals surface area contributed by atoms with E-state index >= 15 is 0 Å². The number of hydrogen-bond acceptors (Lipinski definition) is 3. The zero-order valence-electron chi connectivity index (χ0n) is 13.5. The fourth-order valence-electron chi connectivity index (χ4n) is 3.47. The van der Waals surface area contributed by atoms with Crippen LogP contribution in [-0.2, 0) is 6.42 Å². The van der Waals surface area contributed by atoms with Crippen LogP contribution in [0.2, 0.25) is 0 Å². The standard InChI is InChI=1S/C17H30N2S/c1-5-16-11-18-17(6-2,7-3)13-19(16)14(4)10-15-8-9-20-12-15/h8-9,12,14,16,18H,5-7,10-11,13H2,1-4H3. The molecule has 2 rings (SSSR count). The number of nitrogens with zero attached hydrogens (tertiary/aromatic N) is 1. The summed E-state index contributed by atoms with van der Waals surface area (Å²) in [5.74, 6) is 0. The first-order valence-corrected chi connectivity index (χ1v) is 9.10. The molecule has 0 aromatic carbocycles. The molecule has 1 aliphatic heterocycles. The van der Waals surface area contributed by atoms with Crippen LogP contribution in [0.1, 0.15) is 52.5 Å². The van der Waals surface area contributed by atoms with Crippen LogP contribution in [0.15, 0.2) is 16.8 Å². The van der Waals surface area contributed by atoms with E-state index in [1.807, 2.05) is 11.3 Å². The van der Waals surface area contributed by atoms with Gasteiger partial charge < -0.3 is 5.32 Å². The lowest BCUT2D eigenvalue weighted by Crippen LogP contribution is -2.65. The molecule has 0 aliphatic carbocycles. The van der Waals surface area contributed by atoms with Crippen LogP contribution >= 0.6 is 11.3 Å². The van der Waals surface area contributed by atoms with Gasteiger partial charge in [-0.2, -0.15) is 11.3 Å². The first-order chi connectivity index (χ1) is 9.64. The third kappa shape index (κ3) is 3.44. The first kappa shape index (κ1) is 16.0. The molecule has 0 spiro atoms. The van der Waals surface area contributed by atoms with Crippen LogP contribution < -0.4 is 5.32 Å². The summed E-state index contributed by atoms with van der Waals surface area (Å²) >= 11 is 1.81. The Balaban J connectivity index is 2.08. The molecular weight excluding hydrogens is 264 g/mol. The Hall–Kier alpha value is -0.380. The van der Waals surface area contributed by atoms with Crippen LogP contribution in [0.25, 0.3) is 0 Å². The molecule has 0 saturated carbocycles. The Morgan fingerprint density at radius 3 is 2.70 bits per heavy atom. The highest BCUT2D eigenvalue weighted by Crippen LogP contribution is 2.26. The summed E-state index contributed by atoms with van der Waals surface area (Å²) < 4.78 is 0. The third-order valence-electron chi connectivity index (χ3n) is 5.17. The molecule has 0 bridgehead atoms. The molecule has 0 radical (unpaired) electrons.